The second kappa shape index (κ2) is 7.60. The van der Waals surface area contributed by atoms with E-state index in [-0.39, 0.29) is 11.2 Å². The number of hydrogen-bond donors (Lipinski definition) is 1. The highest BCUT2D eigenvalue weighted by molar-refractivity contribution is 9.10. The van der Waals surface area contributed by atoms with Gasteiger partial charge in [-0.15, -0.1) is 0 Å². The van der Waals surface area contributed by atoms with Crippen molar-refractivity contribution in [2.24, 2.45) is 0 Å². The molecule has 3 aromatic carbocycles. The molecule has 0 saturated heterocycles. The molecule has 1 amide bonds. The molecule has 0 fully saturated rings. The molecule has 1 heterocycles. The van der Waals surface area contributed by atoms with E-state index in [4.69, 9.17) is 0 Å². The van der Waals surface area contributed by atoms with Crippen molar-refractivity contribution in [1.29, 1.82) is 0 Å². The van der Waals surface area contributed by atoms with Crippen LogP contribution in [0.25, 0.3) is 16.6 Å². The van der Waals surface area contributed by atoms with Gasteiger partial charge < -0.3 is 5.32 Å². The summed E-state index contributed by atoms with van der Waals surface area (Å²) in [6.45, 7) is 1.71. The Morgan fingerprint density at radius 3 is 2.55 bits per heavy atom. The molecule has 1 N–H and O–H groups in total. The highest BCUT2D eigenvalue weighted by atomic mass is 79.9. The summed E-state index contributed by atoms with van der Waals surface area (Å²) in [6, 6.07) is 17.9. The van der Waals surface area contributed by atoms with Crippen molar-refractivity contribution in [3.63, 3.8) is 0 Å². The Morgan fingerprint density at radius 2 is 1.79 bits per heavy atom. The highest BCUT2D eigenvalue weighted by Crippen LogP contribution is 2.21. The molecule has 1 aromatic heterocycles. The fourth-order valence-corrected chi connectivity index (χ4v) is 3.36. The fourth-order valence-electron chi connectivity index (χ4n) is 3.09. The van der Waals surface area contributed by atoms with E-state index in [1.807, 2.05) is 6.07 Å². The van der Waals surface area contributed by atoms with Crippen molar-refractivity contribution < 1.29 is 9.18 Å². The first kappa shape index (κ1) is 19.0. The van der Waals surface area contributed by atoms with Crippen LogP contribution in [0.2, 0.25) is 0 Å². The van der Waals surface area contributed by atoms with E-state index in [1.54, 1.807) is 49.4 Å². The molecule has 0 aliphatic rings. The number of amides is 1. The maximum Gasteiger partial charge on any atom is 0.265 e. The summed E-state index contributed by atoms with van der Waals surface area (Å²) >= 11 is 3.31. The number of nitrogens with zero attached hydrogens (tertiary/aromatic N) is 2. The topological polar surface area (TPSA) is 64.0 Å². The number of anilines is 1. The van der Waals surface area contributed by atoms with E-state index < -0.39 is 11.7 Å². The lowest BCUT2D eigenvalue weighted by Gasteiger charge is -2.13. The first-order valence-corrected chi connectivity index (χ1v) is 9.58. The van der Waals surface area contributed by atoms with Gasteiger partial charge in [-0.25, -0.2) is 9.37 Å². The van der Waals surface area contributed by atoms with Gasteiger partial charge in [-0.05, 0) is 61.5 Å². The quantitative estimate of drug-likeness (QED) is 0.484. The normalized spacial score (nSPS) is 10.9. The Kier molecular flexibility index (Phi) is 4.98. The van der Waals surface area contributed by atoms with Crippen LogP contribution in [0.5, 0.6) is 0 Å². The van der Waals surface area contributed by atoms with E-state index in [2.05, 4.69) is 26.2 Å². The molecule has 7 heteroatoms. The fraction of sp³-hybridized carbons (Fsp3) is 0.0455. The number of carbonyl (C=O) groups excluding carboxylic acids is 1. The number of fused-ring (bicyclic) bond motifs is 1. The smallest absolute Gasteiger partial charge is 0.265 e. The van der Waals surface area contributed by atoms with Crippen molar-refractivity contribution in [1.82, 2.24) is 9.55 Å². The van der Waals surface area contributed by atoms with Gasteiger partial charge in [-0.1, -0.05) is 28.1 Å². The zero-order valence-corrected chi connectivity index (χ0v) is 16.9. The number of benzene rings is 3. The van der Waals surface area contributed by atoms with Gasteiger partial charge in [0.1, 0.15) is 11.6 Å². The highest BCUT2D eigenvalue weighted by Gasteiger charge is 2.14. The molecule has 0 radical (unpaired) electrons. The van der Waals surface area contributed by atoms with Gasteiger partial charge in [-0.2, -0.15) is 0 Å². The molecule has 0 aliphatic heterocycles. The Hall–Kier alpha value is -3.32. The van der Waals surface area contributed by atoms with Gasteiger partial charge in [0.05, 0.1) is 22.3 Å². The monoisotopic (exact) mass is 451 g/mol. The van der Waals surface area contributed by atoms with E-state index in [1.165, 1.54) is 22.8 Å². The van der Waals surface area contributed by atoms with Gasteiger partial charge >= 0.3 is 0 Å². The van der Waals surface area contributed by atoms with Crippen molar-refractivity contribution in [2.45, 2.75) is 6.92 Å². The maximum absolute atomic E-state index is 14.4. The number of aromatic nitrogens is 2. The third-order valence-electron chi connectivity index (χ3n) is 4.51. The first-order valence-electron chi connectivity index (χ1n) is 8.79. The second-order valence-electron chi connectivity index (χ2n) is 6.44. The summed E-state index contributed by atoms with van der Waals surface area (Å²) in [7, 11) is 0. The predicted octanol–water partition coefficient (Wildman–Crippen LogP) is 4.85. The van der Waals surface area contributed by atoms with Crippen LogP contribution in [0.4, 0.5) is 10.1 Å². The third-order valence-corrected chi connectivity index (χ3v) is 5.03. The first-order chi connectivity index (χ1) is 13.9. The van der Waals surface area contributed by atoms with E-state index in [0.717, 1.165) is 4.47 Å². The number of aryl methyl sites for hydroxylation is 1. The molecule has 0 unspecified atom stereocenters. The van der Waals surface area contributed by atoms with Gasteiger partial charge in [0.25, 0.3) is 11.5 Å². The summed E-state index contributed by atoms with van der Waals surface area (Å²) in [5.74, 6) is -0.585. The van der Waals surface area contributed by atoms with Crippen LogP contribution in [0.3, 0.4) is 0 Å². The molecular weight excluding hydrogens is 437 g/mol. The maximum atomic E-state index is 14.4. The minimum atomic E-state index is -0.598. The summed E-state index contributed by atoms with van der Waals surface area (Å²) in [4.78, 5) is 29.9. The Morgan fingerprint density at radius 1 is 1.07 bits per heavy atom. The molecule has 144 valence electrons. The minimum Gasteiger partial charge on any atom is -0.319 e. The van der Waals surface area contributed by atoms with E-state index in [9.17, 15) is 14.0 Å². The Balaban J connectivity index is 1.76. The van der Waals surface area contributed by atoms with Crippen LogP contribution < -0.4 is 10.9 Å². The third kappa shape index (κ3) is 3.69. The van der Waals surface area contributed by atoms with Crippen LogP contribution in [0, 0.1) is 12.7 Å². The predicted molar refractivity (Wildman–Crippen MR) is 114 cm³/mol. The molecule has 0 spiro atoms. The largest absolute Gasteiger partial charge is 0.319 e. The second-order valence-corrected chi connectivity index (χ2v) is 7.36. The standard InChI is InChI=1S/C22H15BrFN3O2/c1-13-25-19-5-3-2-4-17(19)22(29)27(13)16-10-11-18(24)20(12-16)26-21(28)14-6-8-15(23)9-7-14/h2-12H,1H3,(H,26,28). The van der Waals surface area contributed by atoms with Gasteiger partial charge in [0.15, 0.2) is 0 Å². The van der Waals surface area contributed by atoms with Crippen LogP contribution in [-0.2, 0) is 0 Å². The molecule has 0 atom stereocenters. The number of hydrogen-bond acceptors (Lipinski definition) is 3. The summed E-state index contributed by atoms with van der Waals surface area (Å²) in [5, 5.41) is 3.03. The van der Waals surface area contributed by atoms with Gasteiger partial charge in [0, 0.05) is 10.0 Å². The summed E-state index contributed by atoms with van der Waals surface area (Å²) in [6.07, 6.45) is 0. The van der Waals surface area contributed by atoms with Crippen LogP contribution >= 0.6 is 15.9 Å². The van der Waals surface area contributed by atoms with Crippen molar-refractivity contribution in [2.75, 3.05) is 5.32 Å². The van der Waals surface area contributed by atoms with Gasteiger partial charge in [0.2, 0.25) is 0 Å². The Bertz CT molecular complexity index is 1300. The zero-order chi connectivity index (χ0) is 20.5. The van der Waals surface area contributed by atoms with Crippen LogP contribution in [0.1, 0.15) is 16.2 Å². The van der Waals surface area contributed by atoms with E-state index in [0.29, 0.717) is 28.0 Å². The average Bonchev–Trinajstić information content (AvgIpc) is 2.71. The number of carbonyl (C=O) groups is 1. The van der Waals surface area contributed by atoms with Crippen molar-refractivity contribution >= 4 is 38.4 Å². The number of rotatable bonds is 3. The molecule has 0 bridgehead atoms. The number of halogens is 2. The molecule has 5 nitrogen and oxygen atoms in total. The summed E-state index contributed by atoms with van der Waals surface area (Å²) in [5.41, 5.74) is 1.12. The van der Waals surface area contributed by atoms with Gasteiger partial charge in [-0.3, -0.25) is 14.2 Å². The molecule has 0 aliphatic carbocycles. The minimum absolute atomic E-state index is 0.0186. The average molecular weight is 452 g/mol. The Labute approximate surface area is 174 Å². The lowest BCUT2D eigenvalue weighted by atomic mass is 10.2. The van der Waals surface area contributed by atoms with Crippen LogP contribution in [0.15, 0.2) is 76.0 Å². The lowest BCUT2D eigenvalue weighted by molar-refractivity contribution is 0.102. The van der Waals surface area contributed by atoms with Crippen molar-refractivity contribution in [3.8, 4) is 5.69 Å². The molecular formula is C22H15BrFN3O2. The lowest BCUT2D eigenvalue weighted by Crippen LogP contribution is -2.22. The summed E-state index contributed by atoms with van der Waals surface area (Å²) < 4.78 is 16.6. The molecule has 4 aromatic rings. The number of para-hydroxylation sites is 1. The van der Waals surface area contributed by atoms with E-state index >= 15 is 0 Å². The zero-order valence-electron chi connectivity index (χ0n) is 15.3. The number of nitrogens with one attached hydrogen (secondary N) is 1. The van der Waals surface area contributed by atoms with Crippen LogP contribution in [-0.4, -0.2) is 15.5 Å². The SMILES string of the molecule is Cc1nc2ccccc2c(=O)n1-c1ccc(F)c(NC(=O)c2ccc(Br)cc2)c1. The molecule has 29 heavy (non-hydrogen) atoms. The molecule has 4 rings (SSSR count). The van der Waals surface area contributed by atoms with Crippen molar-refractivity contribution in [3.05, 3.63) is 98.8 Å². The molecule has 0 saturated carbocycles.